The molecule has 5 heteroatoms. The maximum atomic E-state index is 5.91. The molecule has 0 atom stereocenters. The number of piperidine rings is 1. The first-order valence-electron chi connectivity index (χ1n) is 8.34. The topological polar surface area (TPSA) is 45.1 Å². The second-order valence-corrected chi connectivity index (χ2v) is 6.51. The van der Waals surface area contributed by atoms with Crippen molar-refractivity contribution in [1.29, 1.82) is 0 Å². The van der Waals surface area contributed by atoms with Crippen molar-refractivity contribution in [2.24, 2.45) is 0 Å². The lowest BCUT2D eigenvalue weighted by Crippen LogP contribution is -2.29. The lowest BCUT2D eigenvalue weighted by molar-refractivity contribution is 0.256. The molecule has 1 aromatic carbocycles. The lowest BCUT2D eigenvalue weighted by Gasteiger charge is -2.28. The van der Waals surface area contributed by atoms with Gasteiger partial charge in [-0.3, -0.25) is 0 Å². The molecule has 0 amide bonds. The van der Waals surface area contributed by atoms with E-state index < -0.39 is 0 Å². The van der Waals surface area contributed by atoms with Gasteiger partial charge in [0.2, 0.25) is 0 Å². The number of likely N-dealkylation sites (tertiary alicyclic amines) is 1. The van der Waals surface area contributed by atoms with Crippen LogP contribution in [0, 0.1) is 0 Å². The Bertz CT molecular complexity index is 799. The molecule has 3 aromatic rings. The van der Waals surface area contributed by atoms with Crippen LogP contribution in [-0.4, -0.2) is 35.0 Å². The normalized spacial score (nSPS) is 17.0. The predicted octanol–water partition coefficient (Wildman–Crippen LogP) is 4.49. The number of hydrogen-bond acceptors (Lipinski definition) is 3. The van der Waals surface area contributed by atoms with Gasteiger partial charge in [0.25, 0.3) is 0 Å². The first-order valence-corrected chi connectivity index (χ1v) is 8.34. The number of aryl methyl sites for hydroxylation is 1. The van der Waals surface area contributed by atoms with Crippen LogP contribution in [0.2, 0.25) is 0 Å². The molecular weight excluding hydrogens is 310 g/mol. The molecule has 0 aliphatic carbocycles. The van der Waals surface area contributed by atoms with Gasteiger partial charge in [-0.05, 0) is 63.0 Å². The average Bonchev–Trinajstić information content (AvgIpc) is 3.11. The van der Waals surface area contributed by atoms with Crippen LogP contribution in [0.15, 0.2) is 22.7 Å². The van der Waals surface area contributed by atoms with Gasteiger partial charge in [-0.25, -0.2) is 4.98 Å². The number of aromatic amines is 1. The fourth-order valence-electron chi connectivity index (χ4n) is 3.64. The summed E-state index contributed by atoms with van der Waals surface area (Å²) in [7, 11) is 2.21. The van der Waals surface area contributed by atoms with Gasteiger partial charge in [-0.1, -0.05) is 6.92 Å². The summed E-state index contributed by atoms with van der Waals surface area (Å²) >= 11 is 0. The fourth-order valence-corrected chi connectivity index (χ4v) is 3.64. The number of halogens is 1. The second-order valence-electron chi connectivity index (χ2n) is 6.51. The van der Waals surface area contributed by atoms with Crippen LogP contribution in [0.1, 0.15) is 43.6 Å². The molecule has 0 unspecified atom stereocenters. The van der Waals surface area contributed by atoms with Crippen molar-refractivity contribution in [2.45, 2.75) is 38.5 Å². The van der Waals surface area contributed by atoms with Crippen LogP contribution < -0.4 is 0 Å². The van der Waals surface area contributed by atoms with E-state index in [-0.39, 0.29) is 12.4 Å². The van der Waals surface area contributed by atoms with Crippen LogP contribution in [0.25, 0.3) is 22.0 Å². The second kappa shape index (κ2) is 6.54. The van der Waals surface area contributed by atoms with E-state index >= 15 is 0 Å². The SMILES string of the molecule is CCCc1nc2c(ccc3[nH]cc(C4CCN(C)CC4)c32)o1.Cl. The highest BCUT2D eigenvalue weighted by Crippen LogP contribution is 2.36. The molecule has 0 bridgehead atoms. The van der Waals surface area contributed by atoms with Crippen molar-refractivity contribution < 1.29 is 4.42 Å². The van der Waals surface area contributed by atoms with E-state index in [9.17, 15) is 0 Å². The van der Waals surface area contributed by atoms with Crippen molar-refractivity contribution in [3.63, 3.8) is 0 Å². The van der Waals surface area contributed by atoms with E-state index in [4.69, 9.17) is 9.40 Å². The molecule has 1 aliphatic heterocycles. The van der Waals surface area contributed by atoms with Crippen LogP contribution in [-0.2, 0) is 6.42 Å². The molecule has 2 aromatic heterocycles. The minimum Gasteiger partial charge on any atom is -0.441 e. The molecule has 1 saturated heterocycles. The number of oxazole rings is 1. The Kier molecular flexibility index (Phi) is 4.64. The van der Waals surface area contributed by atoms with E-state index in [1.165, 1.54) is 42.4 Å². The highest BCUT2D eigenvalue weighted by Gasteiger charge is 2.23. The van der Waals surface area contributed by atoms with E-state index in [0.717, 1.165) is 29.8 Å². The number of rotatable bonds is 3. The Hall–Kier alpha value is -1.52. The highest BCUT2D eigenvalue weighted by molar-refractivity contribution is 6.04. The standard InChI is InChI=1S/C18H23N3O.ClH/c1-3-4-16-20-18-15(22-16)6-5-14-17(18)13(11-19-14)12-7-9-21(2)10-8-12;/h5-6,11-12,19H,3-4,7-10H2,1-2H3;1H. The molecule has 0 radical (unpaired) electrons. The van der Waals surface area contributed by atoms with Crippen LogP contribution in [0.5, 0.6) is 0 Å². The van der Waals surface area contributed by atoms with E-state index in [0.29, 0.717) is 5.92 Å². The van der Waals surface area contributed by atoms with Gasteiger partial charge in [-0.15, -0.1) is 12.4 Å². The summed E-state index contributed by atoms with van der Waals surface area (Å²) in [4.78, 5) is 10.6. The molecule has 4 nitrogen and oxygen atoms in total. The summed E-state index contributed by atoms with van der Waals surface area (Å²) < 4.78 is 5.91. The highest BCUT2D eigenvalue weighted by atomic mass is 35.5. The number of aromatic nitrogens is 2. The molecule has 124 valence electrons. The van der Waals surface area contributed by atoms with Gasteiger partial charge in [-0.2, -0.15) is 0 Å². The van der Waals surface area contributed by atoms with Crippen LogP contribution >= 0.6 is 12.4 Å². The third kappa shape index (κ3) is 2.86. The molecule has 1 fully saturated rings. The molecule has 0 spiro atoms. The van der Waals surface area contributed by atoms with Crippen molar-refractivity contribution in [2.75, 3.05) is 20.1 Å². The molecule has 1 aliphatic rings. The summed E-state index contributed by atoms with van der Waals surface area (Å²) in [5.74, 6) is 1.49. The van der Waals surface area contributed by atoms with E-state index in [1.807, 2.05) is 6.07 Å². The monoisotopic (exact) mass is 333 g/mol. The zero-order chi connectivity index (χ0) is 15.1. The van der Waals surface area contributed by atoms with Gasteiger partial charge < -0.3 is 14.3 Å². The summed E-state index contributed by atoms with van der Waals surface area (Å²) in [6, 6.07) is 4.16. The zero-order valence-electron chi connectivity index (χ0n) is 13.8. The minimum absolute atomic E-state index is 0. The van der Waals surface area contributed by atoms with Gasteiger partial charge in [0.05, 0.1) is 0 Å². The van der Waals surface area contributed by atoms with Crippen LogP contribution in [0.3, 0.4) is 0 Å². The third-order valence-corrected chi connectivity index (χ3v) is 4.90. The number of fused-ring (bicyclic) bond motifs is 3. The zero-order valence-corrected chi connectivity index (χ0v) is 14.6. The van der Waals surface area contributed by atoms with Crippen molar-refractivity contribution in [3.05, 3.63) is 29.8 Å². The van der Waals surface area contributed by atoms with Gasteiger partial charge >= 0.3 is 0 Å². The van der Waals surface area contributed by atoms with Crippen molar-refractivity contribution in [3.8, 4) is 0 Å². The summed E-state index contributed by atoms with van der Waals surface area (Å²) in [6.45, 7) is 4.51. The summed E-state index contributed by atoms with van der Waals surface area (Å²) in [5, 5.41) is 1.28. The Balaban J connectivity index is 0.00000156. The number of hydrogen-bond donors (Lipinski definition) is 1. The summed E-state index contributed by atoms with van der Waals surface area (Å²) in [6.07, 6.45) is 6.60. The van der Waals surface area contributed by atoms with Crippen molar-refractivity contribution in [1.82, 2.24) is 14.9 Å². The molecule has 23 heavy (non-hydrogen) atoms. The Morgan fingerprint density at radius 1 is 1.30 bits per heavy atom. The Morgan fingerprint density at radius 2 is 2.09 bits per heavy atom. The Labute approximate surface area is 142 Å². The number of H-pyrrole nitrogens is 1. The number of nitrogens with zero attached hydrogens (tertiary/aromatic N) is 2. The molecular formula is C18H24ClN3O. The predicted molar refractivity (Wildman–Crippen MR) is 96.6 cm³/mol. The summed E-state index contributed by atoms with van der Waals surface area (Å²) in [5.41, 5.74) is 4.56. The first kappa shape index (κ1) is 16.3. The quantitative estimate of drug-likeness (QED) is 0.768. The van der Waals surface area contributed by atoms with Crippen molar-refractivity contribution >= 4 is 34.4 Å². The van der Waals surface area contributed by atoms with E-state index in [1.54, 1.807) is 0 Å². The van der Waals surface area contributed by atoms with Crippen LogP contribution in [0.4, 0.5) is 0 Å². The molecule has 1 N–H and O–H groups in total. The third-order valence-electron chi connectivity index (χ3n) is 4.90. The van der Waals surface area contributed by atoms with Gasteiger partial charge in [0, 0.05) is 23.5 Å². The number of benzene rings is 1. The lowest BCUT2D eigenvalue weighted by atomic mass is 9.89. The average molecular weight is 334 g/mol. The molecule has 3 heterocycles. The number of nitrogens with one attached hydrogen (secondary N) is 1. The fraction of sp³-hybridized carbons (Fsp3) is 0.500. The van der Waals surface area contributed by atoms with E-state index in [2.05, 4.69) is 36.1 Å². The molecule has 0 saturated carbocycles. The largest absolute Gasteiger partial charge is 0.441 e. The molecule has 4 rings (SSSR count). The van der Waals surface area contributed by atoms with Gasteiger partial charge in [0.1, 0.15) is 5.52 Å². The smallest absolute Gasteiger partial charge is 0.195 e. The maximum absolute atomic E-state index is 5.91. The Morgan fingerprint density at radius 3 is 2.83 bits per heavy atom. The van der Waals surface area contributed by atoms with Gasteiger partial charge in [0.15, 0.2) is 11.5 Å². The first-order chi connectivity index (χ1) is 10.8. The maximum Gasteiger partial charge on any atom is 0.195 e. The minimum atomic E-state index is 0.